The van der Waals surface area contributed by atoms with Crippen molar-refractivity contribution in [2.75, 3.05) is 6.54 Å². The summed E-state index contributed by atoms with van der Waals surface area (Å²) in [5.41, 5.74) is 3.81. The van der Waals surface area contributed by atoms with Crippen LogP contribution in [0.1, 0.15) is 36.6 Å². The smallest absolute Gasteiger partial charge is 0.243 e. The van der Waals surface area contributed by atoms with Crippen molar-refractivity contribution in [3.8, 4) is 0 Å². The van der Waals surface area contributed by atoms with Crippen LogP contribution in [0.15, 0.2) is 47.4 Å². The molecule has 2 aromatic carbocycles. The molecule has 0 unspecified atom stereocenters. The summed E-state index contributed by atoms with van der Waals surface area (Å²) in [5.74, 6) is 0.0361. The van der Waals surface area contributed by atoms with Crippen molar-refractivity contribution >= 4 is 20.9 Å². The molecular weight excluding hydrogens is 351 g/mol. The van der Waals surface area contributed by atoms with Gasteiger partial charge in [0.1, 0.15) is 5.82 Å². The first-order valence-electron chi connectivity index (χ1n) is 8.75. The highest BCUT2D eigenvalue weighted by molar-refractivity contribution is 7.89. The highest BCUT2D eigenvalue weighted by atomic mass is 32.2. The number of nitrogens with zero attached hydrogens (tertiary/aromatic N) is 1. The predicted molar refractivity (Wildman–Crippen MR) is 100 cm³/mol. The third-order valence-electron chi connectivity index (χ3n) is 5.09. The Balaban J connectivity index is 1.69. The summed E-state index contributed by atoms with van der Waals surface area (Å²) >= 11 is 0. The van der Waals surface area contributed by atoms with Crippen LogP contribution in [0, 0.1) is 5.82 Å². The molecule has 3 aromatic rings. The molecule has 0 atom stereocenters. The number of H-pyrrole nitrogens is 1. The molecule has 0 aliphatic carbocycles. The molecule has 1 aliphatic rings. The fourth-order valence-corrected chi connectivity index (χ4v) is 4.95. The number of aromatic amines is 1. The molecule has 0 amide bonds. The molecule has 1 N–H and O–H groups in total. The second-order valence-electron chi connectivity index (χ2n) is 7.08. The molecule has 0 saturated heterocycles. The Bertz CT molecular complexity index is 1070. The molecule has 1 aromatic heterocycles. The van der Waals surface area contributed by atoms with Crippen LogP contribution in [-0.2, 0) is 23.0 Å². The third-order valence-corrected chi connectivity index (χ3v) is 6.95. The van der Waals surface area contributed by atoms with E-state index >= 15 is 0 Å². The van der Waals surface area contributed by atoms with E-state index in [1.165, 1.54) is 16.4 Å². The van der Waals surface area contributed by atoms with E-state index in [9.17, 15) is 12.8 Å². The summed E-state index contributed by atoms with van der Waals surface area (Å²) in [6, 6.07) is 11.7. The van der Waals surface area contributed by atoms with Gasteiger partial charge in [0.05, 0.1) is 4.90 Å². The van der Waals surface area contributed by atoms with Gasteiger partial charge < -0.3 is 4.98 Å². The standard InChI is InChI=1S/C20H21FN2O2S/c1-13(2)14-3-6-16(7-4-14)26(24,25)23-10-9-20-18(12-23)17-11-15(21)5-8-19(17)22-20/h3-8,11,13,22H,9-10,12H2,1-2H3. The Morgan fingerprint density at radius 2 is 1.85 bits per heavy atom. The summed E-state index contributed by atoms with van der Waals surface area (Å²) in [7, 11) is -3.58. The Morgan fingerprint density at radius 1 is 1.12 bits per heavy atom. The summed E-state index contributed by atoms with van der Waals surface area (Å²) in [6.45, 7) is 4.82. The Kier molecular flexibility index (Phi) is 4.12. The number of fused-ring (bicyclic) bond motifs is 3. The average Bonchev–Trinajstić information content (AvgIpc) is 2.99. The first kappa shape index (κ1) is 17.2. The van der Waals surface area contributed by atoms with Crippen LogP contribution in [0.4, 0.5) is 4.39 Å². The molecule has 0 radical (unpaired) electrons. The van der Waals surface area contributed by atoms with E-state index in [0.29, 0.717) is 23.8 Å². The van der Waals surface area contributed by atoms with Gasteiger partial charge in [-0.25, -0.2) is 12.8 Å². The van der Waals surface area contributed by atoms with E-state index in [-0.39, 0.29) is 12.4 Å². The molecular formula is C20H21FN2O2S. The number of hydrogen-bond acceptors (Lipinski definition) is 2. The largest absolute Gasteiger partial charge is 0.358 e. The molecule has 136 valence electrons. The maximum atomic E-state index is 13.6. The molecule has 0 bridgehead atoms. The van der Waals surface area contributed by atoms with Gasteiger partial charge in [0, 0.05) is 36.1 Å². The zero-order valence-electron chi connectivity index (χ0n) is 14.8. The van der Waals surface area contributed by atoms with Crippen LogP contribution in [0.25, 0.3) is 10.9 Å². The van der Waals surface area contributed by atoms with Gasteiger partial charge in [-0.3, -0.25) is 0 Å². The maximum Gasteiger partial charge on any atom is 0.243 e. The van der Waals surface area contributed by atoms with Crippen molar-refractivity contribution in [2.24, 2.45) is 0 Å². The van der Waals surface area contributed by atoms with Crippen molar-refractivity contribution in [2.45, 2.75) is 37.6 Å². The van der Waals surface area contributed by atoms with Crippen LogP contribution >= 0.6 is 0 Å². The van der Waals surface area contributed by atoms with Crippen molar-refractivity contribution in [3.63, 3.8) is 0 Å². The number of nitrogens with one attached hydrogen (secondary N) is 1. The highest BCUT2D eigenvalue weighted by Gasteiger charge is 2.30. The molecule has 4 rings (SSSR count). The second-order valence-corrected chi connectivity index (χ2v) is 9.02. The molecule has 0 fully saturated rings. The normalized spacial score (nSPS) is 15.5. The fraction of sp³-hybridized carbons (Fsp3) is 0.300. The molecule has 4 nitrogen and oxygen atoms in total. The minimum absolute atomic E-state index is 0.257. The number of halogens is 1. The lowest BCUT2D eigenvalue weighted by Crippen LogP contribution is -2.35. The minimum Gasteiger partial charge on any atom is -0.358 e. The van der Waals surface area contributed by atoms with Crippen molar-refractivity contribution in [1.29, 1.82) is 0 Å². The summed E-state index contributed by atoms with van der Waals surface area (Å²) < 4.78 is 41.2. The minimum atomic E-state index is -3.58. The molecule has 6 heteroatoms. The van der Waals surface area contributed by atoms with Gasteiger partial charge in [-0.05, 0) is 47.4 Å². The van der Waals surface area contributed by atoms with E-state index in [1.54, 1.807) is 18.2 Å². The van der Waals surface area contributed by atoms with Crippen LogP contribution < -0.4 is 0 Å². The fourth-order valence-electron chi connectivity index (χ4n) is 3.54. The first-order valence-corrected chi connectivity index (χ1v) is 10.2. The highest BCUT2D eigenvalue weighted by Crippen LogP contribution is 2.31. The maximum absolute atomic E-state index is 13.6. The third kappa shape index (κ3) is 2.83. The topological polar surface area (TPSA) is 53.2 Å². The van der Waals surface area contributed by atoms with Crippen LogP contribution in [-0.4, -0.2) is 24.3 Å². The molecule has 26 heavy (non-hydrogen) atoms. The van der Waals surface area contributed by atoms with Gasteiger partial charge in [0.25, 0.3) is 0 Å². The molecule has 1 aliphatic heterocycles. The lowest BCUT2D eigenvalue weighted by atomic mass is 10.0. The Labute approximate surface area is 152 Å². The van der Waals surface area contributed by atoms with Crippen LogP contribution in [0.2, 0.25) is 0 Å². The zero-order valence-corrected chi connectivity index (χ0v) is 15.6. The lowest BCUT2D eigenvalue weighted by molar-refractivity contribution is 0.391. The summed E-state index contributed by atoms with van der Waals surface area (Å²) in [4.78, 5) is 3.59. The van der Waals surface area contributed by atoms with E-state index in [4.69, 9.17) is 0 Å². The zero-order chi connectivity index (χ0) is 18.5. The van der Waals surface area contributed by atoms with Crippen LogP contribution in [0.5, 0.6) is 0 Å². The molecule has 0 spiro atoms. The second kappa shape index (κ2) is 6.21. The van der Waals surface area contributed by atoms with E-state index in [1.807, 2.05) is 12.1 Å². The first-order chi connectivity index (χ1) is 12.4. The van der Waals surface area contributed by atoms with E-state index in [2.05, 4.69) is 18.8 Å². The van der Waals surface area contributed by atoms with Crippen molar-refractivity contribution in [1.82, 2.24) is 9.29 Å². The monoisotopic (exact) mass is 372 g/mol. The van der Waals surface area contributed by atoms with Gasteiger partial charge >= 0.3 is 0 Å². The summed E-state index contributed by atoms with van der Waals surface area (Å²) in [5, 5.41) is 0.759. The van der Waals surface area contributed by atoms with Gasteiger partial charge in [-0.2, -0.15) is 4.31 Å². The Hall–Kier alpha value is -2.18. The van der Waals surface area contributed by atoms with Crippen LogP contribution in [0.3, 0.4) is 0 Å². The van der Waals surface area contributed by atoms with Gasteiger partial charge in [0.15, 0.2) is 0 Å². The van der Waals surface area contributed by atoms with Crippen molar-refractivity contribution in [3.05, 3.63) is 65.1 Å². The van der Waals surface area contributed by atoms with Crippen molar-refractivity contribution < 1.29 is 12.8 Å². The van der Waals surface area contributed by atoms with Gasteiger partial charge in [-0.15, -0.1) is 0 Å². The SMILES string of the molecule is CC(C)c1ccc(S(=O)(=O)N2CCc3[nH]c4ccc(F)cc4c3C2)cc1. The summed E-state index contributed by atoms with van der Waals surface area (Å²) in [6.07, 6.45) is 0.592. The Morgan fingerprint density at radius 3 is 2.54 bits per heavy atom. The van der Waals surface area contributed by atoms with Gasteiger partial charge in [-0.1, -0.05) is 26.0 Å². The lowest BCUT2D eigenvalue weighted by Gasteiger charge is -2.26. The number of rotatable bonds is 3. The average molecular weight is 372 g/mol. The number of sulfonamides is 1. The molecule has 2 heterocycles. The quantitative estimate of drug-likeness (QED) is 0.750. The number of hydrogen-bond donors (Lipinski definition) is 1. The predicted octanol–water partition coefficient (Wildman–Crippen LogP) is 4.18. The molecule has 0 saturated carbocycles. The van der Waals surface area contributed by atoms with E-state index in [0.717, 1.165) is 27.7 Å². The van der Waals surface area contributed by atoms with Gasteiger partial charge in [0.2, 0.25) is 10.0 Å². The van der Waals surface area contributed by atoms with E-state index < -0.39 is 10.0 Å². The number of aromatic nitrogens is 1. The number of benzene rings is 2.